The number of amides is 1. The van der Waals surface area contributed by atoms with Gasteiger partial charge < -0.3 is 10.2 Å². The zero-order chi connectivity index (χ0) is 14.9. The molecule has 1 fully saturated rings. The highest BCUT2D eigenvalue weighted by Gasteiger charge is 2.33. The van der Waals surface area contributed by atoms with Gasteiger partial charge in [0.05, 0.1) is 17.1 Å². The molecule has 1 amide bonds. The first kappa shape index (κ1) is 14.7. The maximum atomic E-state index is 13.4. The third kappa shape index (κ3) is 3.26. The van der Waals surface area contributed by atoms with Crippen LogP contribution in [0.2, 0.25) is 0 Å². The van der Waals surface area contributed by atoms with Crippen molar-refractivity contribution in [1.82, 2.24) is 0 Å². The van der Waals surface area contributed by atoms with Crippen LogP contribution < -0.4 is 15.4 Å². The number of halogens is 1. The van der Waals surface area contributed by atoms with Gasteiger partial charge in [0, 0.05) is 25.9 Å². The Balaban J connectivity index is 2.26. The molecule has 0 spiro atoms. The summed E-state index contributed by atoms with van der Waals surface area (Å²) in [6, 6.07) is 4.08. The van der Waals surface area contributed by atoms with Crippen LogP contribution in [0.4, 0.5) is 15.8 Å². The molecule has 110 valence electrons. The molecule has 1 heterocycles. The summed E-state index contributed by atoms with van der Waals surface area (Å²) in [5, 5.41) is 7.87. The van der Waals surface area contributed by atoms with Crippen LogP contribution in [-0.2, 0) is 14.8 Å². The minimum atomic E-state index is -3.63. The third-order valence-electron chi connectivity index (χ3n) is 3.19. The van der Waals surface area contributed by atoms with Gasteiger partial charge in [0.15, 0.2) is 0 Å². The molecule has 0 aromatic heterocycles. The molecule has 0 aliphatic carbocycles. The van der Waals surface area contributed by atoms with Crippen molar-refractivity contribution in [2.45, 2.75) is 6.42 Å². The molecule has 1 aliphatic rings. The number of primary sulfonamides is 1. The topological polar surface area (TPSA) is 92.5 Å². The summed E-state index contributed by atoms with van der Waals surface area (Å²) in [6.07, 6.45) is 0.0934. The Bertz CT molecular complexity index is 633. The van der Waals surface area contributed by atoms with Gasteiger partial charge in [-0.2, -0.15) is 0 Å². The van der Waals surface area contributed by atoms with E-state index < -0.39 is 15.8 Å². The zero-order valence-corrected chi connectivity index (χ0v) is 11.8. The summed E-state index contributed by atoms with van der Waals surface area (Å²) in [4.78, 5) is 13.4. The molecule has 1 atom stereocenters. The molecule has 1 aromatic carbocycles. The maximum Gasteiger partial charge on any atom is 0.227 e. The number of sulfonamides is 1. The van der Waals surface area contributed by atoms with Crippen molar-refractivity contribution in [3.8, 4) is 0 Å². The average molecular weight is 301 g/mol. The van der Waals surface area contributed by atoms with Gasteiger partial charge in [0.1, 0.15) is 5.82 Å². The molecule has 1 aromatic rings. The molecular formula is C12H16FN3O3S. The molecule has 3 N–H and O–H groups in total. The molecule has 0 radical (unpaired) electrons. The summed E-state index contributed by atoms with van der Waals surface area (Å²) in [7, 11) is -1.96. The van der Waals surface area contributed by atoms with E-state index in [9.17, 15) is 17.6 Å². The van der Waals surface area contributed by atoms with E-state index in [2.05, 4.69) is 5.32 Å². The first-order valence-corrected chi connectivity index (χ1v) is 7.80. The second kappa shape index (κ2) is 5.37. The van der Waals surface area contributed by atoms with Crippen LogP contribution in [-0.4, -0.2) is 33.7 Å². The van der Waals surface area contributed by atoms with Gasteiger partial charge in [0.25, 0.3) is 0 Å². The minimum Gasteiger partial charge on any atom is -0.386 e. The summed E-state index contributed by atoms with van der Waals surface area (Å²) < 4.78 is 35.5. The van der Waals surface area contributed by atoms with Gasteiger partial charge in [-0.15, -0.1) is 0 Å². The predicted octanol–water partition coefficient (Wildman–Crippen LogP) is 0.509. The Morgan fingerprint density at radius 3 is 2.80 bits per heavy atom. The van der Waals surface area contributed by atoms with Gasteiger partial charge in [-0.25, -0.2) is 17.9 Å². The number of nitrogens with one attached hydrogen (secondary N) is 1. The van der Waals surface area contributed by atoms with Crippen LogP contribution >= 0.6 is 0 Å². The molecule has 8 heteroatoms. The van der Waals surface area contributed by atoms with Gasteiger partial charge in [-0.05, 0) is 18.2 Å². The van der Waals surface area contributed by atoms with E-state index in [1.165, 1.54) is 23.1 Å². The second-order valence-corrected chi connectivity index (χ2v) is 6.47. The monoisotopic (exact) mass is 301 g/mol. The number of carbonyl (C=O) groups is 1. The fourth-order valence-electron chi connectivity index (χ4n) is 2.39. The number of anilines is 2. The van der Waals surface area contributed by atoms with E-state index in [-0.39, 0.29) is 30.5 Å². The smallest absolute Gasteiger partial charge is 0.227 e. The normalized spacial score (nSPS) is 19.4. The average Bonchev–Trinajstić information content (AvgIpc) is 2.67. The lowest BCUT2D eigenvalue weighted by molar-refractivity contribution is -0.117. The standard InChI is InChI=1S/C12H16FN3O3S/c1-15-10-3-2-9(13)5-11(10)16-6-8(4-12(16)17)7-20(14,18)19/h2-3,5,8,15H,4,6-7H2,1H3,(H2,14,18,19). The lowest BCUT2D eigenvalue weighted by atomic mass is 10.1. The molecule has 0 saturated carbocycles. The summed E-state index contributed by atoms with van der Waals surface area (Å²) in [6.45, 7) is 0.216. The zero-order valence-electron chi connectivity index (χ0n) is 11.0. The molecule has 1 aliphatic heterocycles. The predicted molar refractivity (Wildman–Crippen MR) is 74.4 cm³/mol. The van der Waals surface area contributed by atoms with Crippen molar-refractivity contribution in [2.75, 3.05) is 29.6 Å². The van der Waals surface area contributed by atoms with Crippen LogP contribution in [0.3, 0.4) is 0 Å². The Labute approximate surface area is 116 Å². The first-order valence-electron chi connectivity index (χ1n) is 6.08. The molecular weight excluding hydrogens is 285 g/mol. The van der Waals surface area contributed by atoms with E-state index >= 15 is 0 Å². The summed E-state index contributed by atoms with van der Waals surface area (Å²) >= 11 is 0. The van der Waals surface area contributed by atoms with Crippen LogP contribution in [0.25, 0.3) is 0 Å². The van der Waals surface area contributed by atoms with Crippen LogP contribution in [0, 0.1) is 11.7 Å². The second-order valence-electron chi connectivity index (χ2n) is 4.82. The van der Waals surface area contributed by atoms with Crippen molar-refractivity contribution >= 4 is 27.3 Å². The Morgan fingerprint density at radius 1 is 1.50 bits per heavy atom. The number of carbonyl (C=O) groups excluding carboxylic acids is 1. The van der Waals surface area contributed by atoms with Gasteiger partial charge in [0.2, 0.25) is 15.9 Å². The Morgan fingerprint density at radius 2 is 2.20 bits per heavy atom. The largest absolute Gasteiger partial charge is 0.386 e. The number of nitrogens with zero attached hydrogens (tertiary/aromatic N) is 1. The highest BCUT2D eigenvalue weighted by atomic mass is 32.2. The molecule has 6 nitrogen and oxygen atoms in total. The molecule has 0 bridgehead atoms. The number of hydrogen-bond donors (Lipinski definition) is 2. The van der Waals surface area contributed by atoms with Crippen LogP contribution in [0.5, 0.6) is 0 Å². The number of hydrogen-bond acceptors (Lipinski definition) is 4. The van der Waals surface area contributed by atoms with Crippen molar-refractivity contribution in [2.24, 2.45) is 11.1 Å². The Kier molecular flexibility index (Phi) is 3.96. The maximum absolute atomic E-state index is 13.4. The molecule has 20 heavy (non-hydrogen) atoms. The summed E-state index contributed by atoms with van der Waals surface area (Å²) in [5.74, 6) is -1.31. The van der Waals surface area contributed by atoms with Gasteiger partial charge in [-0.3, -0.25) is 4.79 Å². The van der Waals surface area contributed by atoms with E-state index in [4.69, 9.17) is 5.14 Å². The fourth-order valence-corrected chi connectivity index (χ4v) is 3.27. The number of nitrogens with two attached hydrogens (primary N) is 1. The summed E-state index contributed by atoms with van der Waals surface area (Å²) in [5.41, 5.74) is 1.02. The van der Waals surface area contributed by atoms with Gasteiger partial charge >= 0.3 is 0 Å². The SMILES string of the molecule is CNc1ccc(F)cc1N1CC(CS(N)(=O)=O)CC1=O. The van der Waals surface area contributed by atoms with Crippen LogP contribution in [0.15, 0.2) is 18.2 Å². The molecule has 1 unspecified atom stereocenters. The van der Waals surface area contributed by atoms with E-state index in [1.54, 1.807) is 7.05 Å². The number of benzene rings is 1. The molecule has 2 rings (SSSR count). The van der Waals surface area contributed by atoms with Crippen molar-refractivity contribution in [3.63, 3.8) is 0 Å². The third-order valence-corrected chi connectivity index (χ3v) is 4.13. The highest BCUT2D eigenvalue weighted by molar-refractivity contribution is 7.89. The van der Waals surface area contributed by atoms with E-state index in [0.29, 0.717) is 11.4 Å². The quantitative estimate of drug-likeness (QED) is 0.847. The highest BCUT2D eigenvalue weighted by Crippen LogP contribution is 2.32. The molecule has 1 saturated heterocycles. The van der Waals surface area contributed by atoms with Crippen molar-refractivity contribution in [1.29, 1.82) is 0 Å². The van der Waals surface area contributed by atoms with Crippen LogP contribution in [0.1, 0.15) is 6.42 Å². The minimum absolute atomic E-state index is 0.0934. The van der Waals surface area contributed by atoms with Crippen molar-refractivity contribution < 1.29 is 17.6 Å². The van der Waals surface area contributed by atoms with Crippen molar-refractivity contribution in [3.05, 3.63) is 24.0 Å². The first-order chi connectivity index (χ1) is 9.30. The fraction of sp³-hybridized carbons (Fsp3) is 0.417. The van der Waals surface area contributed by atoms with E-state index in [1.807, 2.05) is 0 Å². The lowest BCUT2D eigenvalue weighted by Crippen LogP contribution is -2.28. The van der Waals surface area contributed by atoms with Gasteiger partial charge in [-0.1, -0.05) is 0 Å². The Hall–Kier alpha value is -1.67. The van der Waals surface area contributed by atoms with E-state index in [0.717, 1.165) is 0 Å². The lowest BCUT2D eigenvalue weighted by Gasteiger charge is -2.20. The number of rotatable bonds is 4.